The van der Waals surface area contributed by atoms with E-state index in [2.05, 4.69) is 79.0 Å². The molecule has 0 aliphatic heterocycles. The van der Waals surface area contributed by atoms with E-state index in [-0.39, 0.29) is 48.9 Å². The Morgan fingerprint density at radius 1 is 0.957 bits per heavy atom. The van der Waals surface area contributed by atoms with Crippen LogP contribution in [0.4, 0.5) is 0 Å². The fourth-order valence-electron chi connectivity index (χ4n) is 7.08. The number of aliphatic hydroxyl groups excluding tert-OH is 1. The summed E-state index contributed by atoms with van der Waals surface area (Å²) in [6.07, 6.45) is 7.70. The summed E-state index contributed by atoms with van der Waals surface area (Å²) < 4.78 is 11.3. The first kappa shape index (κ1) is 34.7. The van der Waals surface area contributed by atoms with E-state index in [1.54, 1.807) is 0 Å². The van der Waals surface area contributed by atoms with Gasteiger partial charge in [0.05, 0.1) is 16.7 Å². The van der Waals surface area contributed by atoms with Crippen molar-refractivity contribution in [2.24, 2.45) is 17.3 Å². The fraction of sp³-hybridized carbons (Fsp3) is 0.400. The van der Waals surface area contributed by atoms with Gasteiger partial charge in [0.1, 0.15) is 28.2 Å². The molecule has 47 heavy (non-hydrogen) atoms. The van der Waals surface area contributed by atoms with Crippen molar-refractivity contribution >= 4 is 60.8 Å². The third kappa shape index (κ3) is 5.87. The number of ketones is 1. The van der Waals surface area contributed by atoms with E-state index in [1.165, 1.54) is 27.8 Å². The Kier molecular flexibility index (Phi) is 9.92. The minimum absolute atomic E-state index is 0. The molecule has 0 unspecified atom stereocenters. The van der Waals surface area contributed by atoms with Gasteiger partial charge in [0, 0.05) is 56.2 Å². The molecule has 0 aliphatic carbocycles. The summed E-state index contributed by atoms with van der Waals surface area (Å²) in [4.78, 5) is 16.6. The van der Waals surface area contributed by atoms with Crippen LogP contribution in [0.5, 0.6) is 0 Å². The molecule has 7 rings (SSSR count). The predicted octanol–water partition coefficient (Wildman–Crippen LogP) is 10.8. The van der Waals surface area contributed by atoms with Crippen molar-refractivity contribution in [1.82, 2.24) is 13.8 Å². The topological polar surface area (TPSA) is 72.1 Å². The van der Waals surface area contributed by atoms with Crippen LogP contribution in [-0.4, -0.2) is 24.7 Å². The zero-order chi connectivity index (χ0) is 32.9. The first-order chi connectivity index (χ1) is 22.0. The Labute approximate surface area is 290 Å². The molecule has 0 spiro atoms. The van der Waals surface area contributed by atoms with Crippen LogP contribution in [0.2, 0.25) is 0 Å². The van der Waals surface area contributed by atoms with Crippen molar-refractivity contribution in [1.29, 1.82) is 0 Å². The minimum Gasteiger partial charge on any atom is -0.512 e. The van der Waals surface area contributed by atoms with E-state index in [1.807, 2.05) is 40.0 Å². The Morgan fingerprint density at radius 3 is 2.28 bits per heavy atom. The van der Waals surface area contributed by atoms with E-state index in [4.69, 9.17) is 9.40 Å². The summed E-state index contributed by atoms with van der Waals surface area (Å²) in [6, 6.07) is 18.4. The normalized spacial score (nSPS) is 12.8. The van der Waals surface area contributed by atoms with Crippen LogP contribution in [0.1, 0.15) is 85.5 Å². The van der Waals surface area contributed by atoms with Gasteiger partial charge in [0.15, 0.2) is 5.78 Å². The number of carbonyl (C=O) groups is 1. The molecule has 249 valence electrons. The van der Waals surface area contributed by atoms with Gasteiger partial charge in [-0.05, 0) is 54.9 Å². The Hall–Kier alpha value is -3.67. The van der Waals surface area contributed by atoms with Crippen LogP contribution in [0.3, 0.4) is 0 Å². The number of benzene rings is 2. The SMILES string of the molecule is CCC(CC)C(=O)/C=C(\O)C(CC)CC.Cc1cnc2c3c1oc(CC(C)(C)C)c3n1c3ccccc3c3c4ccc[c-]c4n2c31.[Ir]. The maximum absolute atomic E-state index is 11.7. The van der Waals surface area contributed by atoms with Gasteiger partial charge in [-0.3, -0.25) is 9.20 Å². The van der Waals surface area contributed by atoms with Crippen LogP contribution >= 0.6 is 0 Å². The van der Waals surface area contributed by atoms with Crippen molar-refractivity contribution in [3.8, 4) is 0 Å². The molecule has 2 aromatic carbocycles. The number of aryl methyl sites for hydroxylation is 1. The number of hydrogen-bond donors (Lipinski definition) is 1. The second-order valence-electron chi connectivity index (χ2n) is 13.9. The van der Waals surface area contributed by atoms with Crippen molar-refractivity contribution in [3.05, 3.63) is 77.9 Å². The van der Waals surface area contributed by atoms with Crippen molar-refractivity contribution in [3.63, 3.8) is 0 Å². The smallest absolute Gasteiger partial charge is 0.162 e. The third-order valence-corrected chi connectivity index (χ3v) is 9.51. The van der Waals surface area contributed by atoms with E-state index in [0.717, 1.165) is 76.7 Å². The van der Waals surface area contributed by atoms with Gasteiger partial charge in [-0.2, -0.15) is 24.3 Å². The summed E-state index contributed by atoms with van der Waals surface area (Å²) in [7, 11) is 0. The number of carbonyl (C=O) groups excluding carboxylic acids is 1. The van der Waals surface area contributed by atoms with Crippen LogP contribution in [0.15, 0.2) is 64.9 Å². The fourth-order valence-corrected chi connectivity index (χ4v) is 7.08. The van der Waals surface area contributed by atoms with E-state index < -0.39 is 0 Å². The van der Waals surface area contributed by atoms with E-state index in [0.29, 0.717) is 0 Å². The number of pyridine rings is 1. The first-order valence-corrected chi connectivity index (χ1v) is 16.8. The molecule has 0 amide bonds. The third-order valence-electron chi connectivity index (χ3n) is 9.51. The molecule has 5 aromatic heterocycles. The molecular weight excluding hydrogens is 763 g/mol. The molecule has 0 saturated heterocycles. The van der Waals surface area contributed by atoms with Crippen molar-refractivity contribution in [2.75, 3.05) is 0 Å². The minimum atomic E-state index is 0. The number of hydrogen-bond acceptors (Lipinski definition) is 4. The Balaban J connectivity index is 0.000000234. The summed E-state index contributed by atoms with van der Waals surface area (Å²) in [5.41, 5.74) is 7.62. The van der Waals surface area contributed by atoms with Gasteiger partial charge in [0.2, 0.25) is 0 Å². The average molecular weight is 809 g/mol. The standard InChI is InChI=1S/C27H22N3O.C13H24O2.Ir/c1-15-14-28-25-22-23(20(31-24(15)22)13-27(2,3)4)29-18-11-7-5-9-16(18)21-17-10-6-8-12-19(17)30(25)26(21)29;1-5-10(6-2)12(14)9-13(15)11(7-3)8-4;/h5-11,14H,13H2,1-4H3;9-11,14H,5-8H2,1-4H3;/q-1;;/b;12-9-;. The van der Waals surface area contributed by atoms with Crippen LogP contribution in [0.25, 0.3) is 55.0 Å². The van der Waals surface area contributed by atoms with Gasteiger partial charge in [-0.1, -0.05) is 77.6 Å². The van der Waals surface area contributed by atoms with Crippen LogP contribution < -0.4 is 0 Å². The molecule has 0 bridgehead atoms. The van der Waals surface area contributed by atoms with Crippen LogP contribution in [-0.2, 0) is 31.3 Å². The number of rotatable bonds is 8. The van der Waals surface area contributed by atoms with Gasteiger partial charge < -0.3 is 13.9 Å². The Bertz CT molecular complexity index is 2220. The quantitative estimate of drug-likeness (QED) is 0.0943. The number of para-hydroxylation sites is 2. The van der Waals surface area contributed by atoms with Gasteiger partial charge in [0.25, 0.3) is 0 Å². The van der Waals surface area contributed by atoms with Crippen molar-refractivity contribution < 1.29 is 34.4 Å². The molecule has 5 heterocycles. The summed E-state index contributed by atoms with van der Waals surface area (Å²) in [6.45, 7) is 16.9. The molecule has 0 atom stereocenters. The number of fused-ring (bicyclic) bond motifs is 8. The molecule has 7 aromatic rings. The largest absolute Gasteiger partial charge is 0.512 e. The summed E-state index contributed by atoms with van der Waals surface area (Å²) in [5.74, 6) is 1.58. The van der Waals surface area contributed by atoms with Gasteiger partial charge >= 0.3 is 0 Å². The Morgan fingerprint density at radius 2 is 1.62 bits per heavy atom. The second-order valence-corrected chi connectivity index (χ2v) is 13.9. The van der Waals surface area contributed by atoms with Crippen LogP contribution in [0, 0.1) is 30.2 Å². The predicted molar refractivity (Wildman–Crippen MR) is 190 cm³/mol. The molecule has 6 nitrogen and oxygen atoms in total. The number of allylic oxidation sites excluding steroid dienone is 2. The van der Waals surface area contributed by atoms with Crippen molar-refractivity contribution in [2.45, 2.75) is 87.5 Å². The maximum atomic E-state index is 11.7. The molecule has 0 aliphatic rings. The average Bonchev–Trinajstić information content (AvgIpc) is 3.68. The molecule has 1 N–H and O–H groups in total. The molecule has 0 fully saturated rings. The molecule has 0 saturated carbocycles. The zero-order valence-electron chi connectivity index (χ0n) is 28.8. The molecule has 1 radical (unpaired) electrons. The second kappa shape index (κ2) is 13.4. The van der Waals surface area contributed by atoms with E-state index in [9.17, 15) is 9.90 Å². The maximum Gasteiger partial charge on any atom is 0.162 e. The molecular formula is C40H46IrN3O3-. The summed E-state index contributed by atoms with van der Waals surface area (Å²) in [5, 5.41) is 14.6. The molecule has 7 heteroatoms. The van der Waals surface area contributed by atoms with Gasteiger partial charge in [-0.25, -0.2) is 4.98 Å². The summed E-state index contributed by atoms with van der Waals surface area (Å²) >= 11 is 0. The monoisotopic (exact) mass is 809 g/mol. The van der Waals surface area contributed by atoms with E-state index >= 15 is 0 Å². The zero-order valence-corrected chi connectivity index (χ0v) is 31.2. The van der Waals surface area contributed by atoms with Gasteiger partial charge in [-0.15, -0.1) is 0 Å². The first-order valence-electron chi connectivity index (χ1n) is 16.8. The number of furan rings is 1. The number of aromatic nitrogens is 3. The number of aliphatic hydroxyl groups is 1. The number of nitrogens with zero attached hydrogens (tertiary/aromatic N) is 3.